The molecule has 1 atom stereocenters. The molecule has 0 aliphatic carbocycles. The van der Waals surface area contributed by atoms with Gasteiger partial charge in [0.1, 0.15) is 11.5 Å². The highest BCUT2D eigenvalue weighted by Gasteiger charge is 2.35. The van der Waals surface area contributed by atoms with Gasteiger partial charge in [0.05, 0.1) is 5.92 Å². The van der Waals surface area contributed by atoms with Gasteiger partial charge in [-0.15, -0.1) is 0 Å². The molecule has 2 amide bonds. The summed E-state index contributed by atoms with van der Waals surface area (Å²) in [6.07, 6.45) is 0.217. The van der Waals surface area contributed by atoms with E-state index in [1.807, 2.05) is 74.5 Å². The van der Waals surface area contributed by atoms with Crippen molar-refractivity contribution in [1.82, 2.24) is 0 Å². The van der Waals surface area contributed by atoms with Crippen LogP contribution in [-0.2, 0) is 9.59 Å². The molecular formula is C25H24N2O3. The fraction of sp³-hybridized carbons (Fsp3) is 0.200. The van der Waals surface area contributed by atoms with E-state index in [-0.39, 0.29) is 24.2 Å². The third kappa shape index (κ3) is 4.35. The normalized spacial score (nSPS) is 15.9. The van der Waals surface area contributed by atoms with Crippen LogP contribution in [0, 0.1) is 19.8 Å². The van der Waals surface area contributed by atoms with Gasteiger partial charge >= 0.3 is 0 Å². The molecule has 152 valence electrons. The van der Waals surface area contributed by atoms with E-state index in [1.165, 1.54) is 0 Å². The first-order valence-corrected chi connectivity index (χ1v) is 10.0. The Bertz CT molecular complexity index is 1060. The summed E-state index contributed by atoms with van der Waals surface area (Å²) in [5.74, 6) is 0.905. The first-order valence-electron chi connectivity index (χ1n) is 10.0. The van der Waals surface area contributed by atoms with Crippen LogP contribution in [0.2, 0.25) is 0 Å². The zero-order valence-electron chi connectivity index (χ0n) is 17.1. The molecule has 0 saturated carbocycles. The van der Waals surface area contributed by atoms with Crippen molar-refractivity contribution < 1.29 is 14.3 Å². The highest BCUT2D eigenvalue weighted by molar-refractivity contribution is 6.03. The topological polar surface area (TPSA) is 58.6 Å². The number of nitrogens with one attached hydrogen (secondary N) is 1. The average Bonchev–Trinajstić information content (AvgIpc) is 3.14. The fourth-order valence-electron chi connectivity index (χ4n) is 3.60. The number of nitrogens with zero attached hydrogens (tertiary/aromatic N) is 1. The molecule has 0 bridgehead atoms. The smallest absolute Gasteiger partial charge is 0.229 e. The number of hydrogen-bond acceptors (Lipinski definition) is 3. The van der Waals surface area contributed by atoms with E-state index in [2.05, 4.69) is 5.32 Å². The third-order valence-electron chi connectivity index (χ3n) is 5.25. The van der Waals surface area contributed by atoms with Crippen molar-refractivity contribution in [3.8, 4) is 11.5 Å². The summed E-state index contributed by atoms with van der Waals surface area (Å²) in [5, 5.41) is 2.92. The number of rotatable bonds is 5. The number of hydrogen-bond donors (Lipinski definition) is 1. The van der Waals surface area contributed by atoms with Gasteiger partial charge in [-0.1, -0.05) is 30.3 Å². The van der Waals surface area contributed by atoms with Crippen LogP contribution < -0.4 is 15.0 Å². The summed E-state index contributed by atoms with van der Waals surface area (Å²) < 4.78 is 5.77. The van der Waals surface area contributed by atoms with Crippen LogP contribution in [-0.4, -0.2) is 18.4 Å². The molecule has 0 radical (unpaired) electrons. The molecule has 30 heavy (non-hydrogen) atoms. The molecule has 0 spiro atoms. The molecular weight excluding hydrogens is 376 g/mol. The molecule has 3 aromatic rings. The van der Waals surface area contributed by atoms with Gasteiger partial charge in [0.2, 0.25) is 11.8 Å². The van der Waals surface area contributed by atoms with E-state index in [4.69, 9.17) is 4.74 Å². The quantitative estimate of drug-likeness (QED) is 0.649. The van der Waals surface area contributed by atoms with Crippen molar-refractivity contribution in [2.45, 2.75) is 20.3 Å². The highest BCUT2D eigenvalue weighted by atomic mass is 16.5. The Balaban J connectivity index is 1.39. The van der Waals surface area contributed by atoms with E-state index in [0.717, 1.165) is 22.6 Å². The van der Waals surface area contributed by atoms with Gasteiger partial charge in [0, 0.05) is 24.3 Å². The fourth-order valence-corrected chi connectivity index (χ4v) is 3.60. The summed E-state index contributed by atoms with van der Waals surface area (Å²) in [6.45, 7) is 4.37. The van der Waals surface area contributed by atoms with Crippen molar-refractivity contribution in [2.75, 3.05) is 16.8 Å². The largest absolute Gasteiger partial charge is 0.457 e. The average molecular weight is 400 g/mol. The van der Waals surface area contributed by atoms with Gasteiger partial charge in [-0.2, -0.15) is 0 Å². The van der Waals surface area contributed by atoms with Crippen LogP contribution in [0.4, 0.5) is 11.4 Å². The predicted molar refractivity (Wildman–Crippen MR) is 118 cm³/mol. The lowest BCUT2D eigenvalue weighted by atomic mass is 10.1. The number of ether oxygens (including phenoxy) is 1. The predicted octanol–water partition coefficient (Wildman–Crippen LogP) is 5.09. The molecule has 0 unspecified atom stereocenters. The lowest BCUT2D eigenvalue weighted by Crippen LogP contribution is -2.28. The minimum Gasteiger partial charge on any atom is -0.457 e. The van der Waals surface area contributed by atoms with Gasteiger partial charge in [-0.3, -0.25) is 9.59 Å². The van der Waals surface area contributed by atoms with Gasteiger partial charge in [0.15, 0.2) is 0 Å². The van der Waals surface area contributed by atoms with Gasteiger partial charge in [0.25, 0.3) is 0 Å². The Morgan fingerprint density at radius 2 is 1.67 bits per heavy atom. The lowest BCUT2D eigenvalue weighted by molar-refractivity contribution is -0.122. The Kier molecular flexibility index (Phi) is 5.53. The molecule has 3 aromatic carbocycles. The van der Waals surface area contributed by atoms with Crippen LogP contribution in [0.5, 0.6) is 11.5 Å². The molecule has 0 aromatic heterocycles. The van der Waals surface area contributed by atoms with E-state index in [1.54, 1.807) is 17.0 Å². The van der Waals surface area contributed by atoms with Crippen molar-refractivity contribution in [3.63, 3.8) is 0 Å². The molecule has 1 heterocycles. The summed E-state index contributed by atoms with van der Waals surface area (Å²) in [5.41, 5.74) is 3.69. The van der Waals surface area contributed by atoms with E-state index in [9.17, 15) is 9.59 Å². The van der Waals surface area contributed by atoms with Gasteiger partial charge < -0.3 is 15.0 Å². The molecule has 1 saturated heterocycles. The second-order valence-corrected chi connectivity index (χ2v) is 7.62. The van der Waals surface area contributed by atoms with Crippen molar-refractivity contribution in [1.29, 1.82) is 0 Å². The van der Waals surface area contributed by atoms with Crippen LogP contribution in [0.3, 0.4) is 0 Å². The van der Waals surface area contributed by atoms with Crippen molar-refractivity contribution >= 4 is 23.2 Å². The maximum Gasteiger partial charge on any atom is 0.229 e. The Hall–Kier alpha value is -3.60. The molecule has 1 aliphatic rings. The van der Waals surface area contributed by atoms with Crippen LogP contribution in [0.1, 0.15) is 17.5 Å². The highest BCUT2D eigenvalue weighted by Crippen LogP contribution is 2.30. The third-order valence-corrected chi connectivity index (χ3v) is 5.25. The van der Waals surface area contributed by atoms with E-state index >= 15 is 0 Å². The number of para-hydroxylation sites is 1. The van der Waals surface area contributed by atoms with Crippen LogP contribution in [0.25, 0.3) is 0 Å². The minimum absolute atomic E-state index is 0.0181. The summed E-state index contributed by atoms with van der Waals surface area (Å²) in [7, 11) is 0. The zero-order chi connectivity index (χ0) is 21.1. The Morgan fingerprint density at radius 3 is 2.40 bits per heavy atom. The molecule has 1 fully saturated rings. The monoisotopic (exact) mass is 400 g/mol. The van der Waals surface area contributed by atoms with Crippen molar-refractivity contribution in [2.24, 2.45) is 5.92 Å². The Labute approximate surface area is 176 Å². The molecule has 5 heteroatoms. The maximum atomic E-state index is 12.7. The zero-order valence-corrected chi connectivity index (χ0v) is 17.1. The number of carbonyl (C=O) groups excluding carboxylic acids is 2. The number of carbonyl (C=O) groups is 2. The summed E-state index contributed by atoms with van der Waals surface area (Å²) >= 11 is 0. The van der Waals surface area contributed by atoms with E-state index in [0.29, 0.717) is 18.0 Å². The second kappa shape index (κ2) is 8.41. The maximum absolute atomic E-state index is 12.7. The second-order valence-electron chi connectivity index (χ2n) is 7.62. The molecule has 1 aliphatic heterocycles. The van der Waals surface area contributed by atoms with Gasteiger partial charge in [-0.05, 0) is 67.4 Å². The number of aryl methyl sites for hydroxylation is 2. The standard InChI is InChI=1S/C25H24N2O3/c1-17-8-9-18(2)23(14-17)27-16-19(15-24(27)28)25(29)26-20-10-12-22(13-11-20)30-21-6-4-3-5-7-21/h3-14,19H,15-16H2,1-2H3,(H,26,29)/t19-/m0/s1. The van der Waals surface area contributed by atoms with Gasteiger partial charge in [-0.25, -0.2) is 0 Å². The molecule has 5 nitrogen and oxygen atoms in total. The van der Waals surface area contributed by atoms with Crippen LogP contribution >= 0.6 is 0 Å². The minimum atomic E-state index is -0.377. The van der Waals surface area contributed by atoms with Crippen LogP contribution in [0.15, 0.2) is 72.8 Å². The number of benzene rings is 3. The summed E-state index contributed by atoms with van der Waals surface area (Å²) in [6, 6.07) is 22.8. The summed E-state index contributed by atoms with van der Waals surface area (Å²) in [4.78, 5) is 27.0. The first kappa shape index (κ1) is 19.7. The lowest BCUT2D eigenvalue weighted by Gasteiger charge is -2.19. The first-order chi connectivity index (χ1) is 14.5. The Morgan fingerprint density at radius 1 is 0.967 bits per heavy atom. The SMILES string of the molecule is Cc1ccc(C)c(N2C[C@@H](C(=O)Nc3ccc(Oc4ccccc4)cc3)CC2=O)c1. The van der Waals surface area contributed by atoms with E-state index < -0.39 is 0 Å². The molecule has 4 rings (SSSR count). The van der Waals surface area contributed by atoms with Crippen molar-refractivity contribution in [3.05, 3.63) is 83.9 Å². The molecule has 1 N–H and O–H groups in total. The number of anilines is 2. The number of amides is 2.